The molecule has 1 saturated heterocycles. The summed E-state index contributed by atoms with van der Waals surface area (Å²) in [6, 6.07) is 4.80. The van der Waals surface area contributed by atoms with Crippen molar-refractivity contribution in [2.45, 2.75) is 31.6 Å². The SMILES string of the molecule is CC1(C)COCCN1CC(N)c1cccc(C(F)(F)F)c1. The van der Waals surface area contributed by atoms with Crippen LogP contribution in [0, 0.1) is 0 Å². The highest BCUT2D eigenvalue weighted by Crippen LogP contribution is 2.31. The van der Waals surface area contributed by atoms with Gasteiger partial charge < -0.3 is 10.5 Å². The van der Waals surface area contributed by atoms with Crippen LogP contribution in [0.2, 0.25) is 0 Å². The number of ether oxygens (including phenoxy) is 1. The van der Waals surface area contributed by atoms with Gasteiger partial charge in [0.15, 0.2) is 0 Å². The van der Waals surface area contributed by atoms with Gasteiger partial charge in [-0.2, -0.15) is 13.2 Å². The maximum absolute atomic E-state index is 12.7. The van der Waals surface area contributed by atoms with E-state index in [4.69, 9.17) is 10.5 Å². The average Bonchev–Trinajstić information content (AvgIpc) is 2.40. The van der Waals surface area contributed by atoms with Crippen molar-refractivity contribution in [2.75, 3.05) is 26.3 Å². The van der Waals surface area contributed by atoms with Crippen molar-refractivity contribution in [2.24, 2.45) is 5.73 Å². The van der Waals surface area contributed by atoms with Gasteiger partial charge in [0, 0.05) is 24.7 Å². The van der Waals surface area contributed by atoms with Crippen LogP contribution in [0.25, 0.3) is 0 Å². The van der Waals surface area contributed by atoms with Crippen LogP contribution in [0.15, 0.2) is 24.3 Å². The minimum Gasteiger partial charge on any atom is -0.378 e. The number of alkyl halides is 3. The number of nitrogens with zero attached hydrogens (tertiary/aromatic N) is 1. The second-order valence-electron chi connectivity index (χ2n) is 6.04. The molecule has 1 aromatic rings. The Bertz CT molecular complexity index is 488. The van der Waals surface area contributed by atoms with Gasteiger partial charge >= 0.3 is 6.18 Å². The van der Waals surface area contributed by atoms with E-state index in [1.54, 1.807) is 6.07 Å². The lowest BCUT2D eigenvalue weighted by atomic mass is 9.98. The maximum Gasteiger partial charge on any atom is 0.416 e. The summed E-state index contributed by atoms with van der Waals surface area (Å²) in [6.07, 6.45) is -4.34. The van der Waals surface area contributed by atoms with Gasteiger partial charge in [-0.3, -0.25) is 4.90 Å². The molecule has 1 fully saturated rings. The molecule has 0 spiro atoms. The van der Waals surface area contributed by atoms with Crippen LogP contribution in [0.5, 0.6) is 0 Å². The minimum absolute atomic E-state index is 0.155. The quantitative estimate of drug-likeness (QED) is 0.933. The van der Waals surface area contributed by atoms with Crippen molar-refractivity contribution in [1.82, 2.24) is 4.90 Å². The highest BCUT2D eigenvalue weighted by atomic mass is 19.4. The summed E-state index contributed by atoms with van der Waals surface area (Å²) < 4.78 is 43.7. The molecule has 1 aliphatic heterocycles. The summed E-state index contributed by atoms with van der Waals surface area (Å²) in [4.78, 5) is 2.17. The Kier molecular flexibility index (Phi) is 4.60. The molecular weight excluding hydrogens is 281 g/mol. The molecule has 0 saturated carbocycles. The van der Waals surface area contributed by atoms with E-state index < -0.39 is 17.8 Å². The third-order valence-electron chi connectivity index (χ3n) is 3.88. The van der Waals surface area contributed by atoms with Crippen molar-refractivity contribution in [3.05, 3.63) is 35.4 Å². The first-order chi connectivity index (χ1) is 9.70. The molecule has 2 N–H and O–H groups in total. The van der Waals surface area contributed by atoms with Gasteiger partial charge in [0.2, 0.25) is 0 Å². The van der Waals surface area contributed by atoms with Crippen LogP contribution < -0.4 is 5.73 Å². The first kappa shape index (κ1) is 16.3. The lowest BCUT2D eigenvalue weighted by Gasteiger charge is -2.43. The molecule has 21 heavy (non-hydrogen) atoms. The number of rotatable bonds is 3. The van der Waals surface area contributed by atoms with Crippen molar-refractivity contribution < 1.29 is 17.9 Å². The first-order valence-corrected chi connectivity index (χ1v) is 6.96. The predicted molar refractivity (Wildman–Crippen MR) is 74.8 cm³/mol. The maximum atomic E-state index is 12.7. The van der Waals surface area contributed by atoms with Crippen molar-refractivity contribution in [1.29, 1.82) is 0 Å². The van der Waals surface area contributed by atoms with Crippen LogP contribution in [0.1, 0.15) is 31.0 Å². The van der Waals surface area contributed by atoms with Crippen LogP contribution in [-0.4, -0.2) is 36.7 Å². The van der Waals surface area contributed by atoms with Gasteiger partial charge in [-0.25, -0.2) is 0 Å². The Morgan fingerprint density at radius 2 is 2.10 bits per heavy atom. The fourth-order valence-electron chi connectivity index (χ4n) is 2.52. The van der Waals surface area contributed by atoms with Crippen molar-refractivity contribution >= 4 is 0 Å². The summed E-state index contributed by atoms with van der Waals surface area (Å²) in [7, 11) is 0. The number of halogens is 3. The van der Waals surface area contributed by atoms with Gasteiger partial charge in [0.1, 0.15) is 0 Å². The molecule has 1 aromatic carbocycles. The highest BCUT2D eigenvalue weighted by Gasteiger charge is 2.33. The Hall–Kier alpha value is -1.11. The molecule has 1 atom stereocenters. The lowest BCUT2D eigenvalue weighted by molar-refractivity contribution is -0.137. The molecule has 0 amide bonds. The van der Waals surface area contributed by atoms with Crippen LogP contribution in [-0.2, 0) is 10.9 Å². The smallest absolute Gasteiger partial charge is 0.378 e. The van der Waals surface area contributed by atoms with E-state index in [9.17, 15) is 13.2 Å². The van der Waals surface area contributed by atoms with E-state index in [0.29, 0.717) is 25.3 Å². The second-order valence-corrected chi connectivity index (χ2v) is 6.04. The summed E-state index contributed by atoms with van der Waals surface area (Å²) in [5.74, 6) is 0. The predicted octanol–water partition coefficient (Wildman–Crippen LogP) is 2.82. The standard InChI is InChI=1S/C15H21F3N2O/c1-14(2)10-21-7-6-20(14)9-13(19)11-4-3-5-12(8-11)15(16,17)18/h3-5,8,13H,6-7,9-10,19H2,1-2H3. The van der Waals surface area contributed by atoms with Crippen molar-refractivity contribution in [3.8, 4) is 0 Å². The molecule has 1 unspecified atom stereocenters. The Labute approximate surface area is 122 Å². The summed E-state index contributed by atoms with van der Waals surface area (Å²) in [5.41, 5.74) is 5.80. The van der Waals surface area contributed by atoms with Gasteiger partial charge in [-0.1, -0.05) is 12.1 Å². The molecule has 118 valence electrons. The lowest BCUT2D eigenvalue weighted by Crippen LogP contribution is -2.54. The van der Waals surface area contributed by atoms with E-state index in [1.807, 2.05) is 13.8 Å². The number of hydrogen-bond donors (Lipinski definition) is 1. The first-order valence-electron chi connectivity index (χ1n) is 6.96. The molecule has 2 rings (SSSR count). The fourth-order valence-corrected chi connectivity index (χ4v) is 2.52. The molecule has 6 heteroatoms. The normalized spacial score (nSPS) is 21.2. The zero-order valence-electron chi connectivity index (χ0n) is 12.3. The molecule has 1 aliphatic rings. The molecule has 1 heterocycles. The third-order valence-corrected chi connectivity index (χ3v) is 3.88. The van der Waals surface area contributed by atoms with Gasteiger partial charge in [0.05, 0.1) is 18.8 Å². The third kappa shape index (κ3) is 3.96. The number of nitrogens with two attached hydrogens (primary N) is 1. The topological polar surface area (TPSA) is 38.5 Å². The second kappa shape index (κ2) is 5.94. The highest BCUT2D eigenvalue weighted by molar-refractivity contribution is 5.28. The molecular formula is C15H21F3N2O. The minimum atomic E-state index is -4.34. The number of morpholine rings is 1. The zero-order valence-corrected chi connectivity index (χ0v) is 12.3. The Morgan fingerprint density at radius 3 is 2.71 bits per heavy atom. The van der Waals surface area contributed by atoms with Crippen LogP contribution in [0.3, 0.4) is 0 Å². The largest absolute Gasteiger partial charge is 0.416 e. The molecule has 3 nitrogen and oxygen atoms in total. The Morgan fingerprint density at radius 1 is 1.38 bits per heavy atom. The Balaban J connectivity index is 2.11. The van der Waals surface area contributed by atoms with E-state index in [-0.39, 0.29) is 5.54 Å². The van der Waals surface area contributed by atoms with Crippen LogP contribution in [0.4, 0.5) is 13.2 Å². The molecule has 0 radical (unpaired) electrons. The van der Waals surface area contributed by atoms with E-state index in [1.165, 1.54) is 6.07 Å². The van der Waals surface area contributed by atoms with E-state index in [2.05, 4.69) is 4.90 Å². The van der Waals surface area contributed by atoms with Crippen molar-refractivity contribution in [3.63, 3.8) is 0 Å². The zero-order chi connectivity index (χ0) is 15.7. The monoisotopic (exact) mass is 302 g/mol. The van der Waals surface area contributed by atoms with Gasteiger partial charge in [0.25, 0.3) is 0 Å². The molecule has 0 aliphatic carbocycles. The summed E-state index contributed by atoms with van der Waals surface area (Å²) >= 11 is 0. The number of benzene rings is 1. The summed E-state index contributed by atoms with van der Waals surface area (Å²) in [6.45, 7) is 6.56. The molecule has 0 bridgehead atoms. The van der Waals surface area contributed by atoms with Crippen LogP contribution >= 0.6 is 0 Å². The molecule has 0 aromatic heterocycles. The number of hydrogen-bond acceptors (Lipinski definition) is 3. The van der Waals surface area contributed by atoms with E-state index >= 15 is 0 Å². The van der Waals surface area contributed by atoms with Gasteiger partial charge in [-0.15, -0.1) is 0 Å². The fraction of sp³-hybridized carbons (Fsp3) is 0.600. The summed E-state index contributed by atoms with van der Waals surface area (Å²) in [5, 5.41) is 0. The average molecular weight is 302 g/mol. The van der Waals surface area contributed by atoms with E-state index in [0.717, 1.165) is 18.7 Å². The van der Waals surface area contributed by atoms with Gasteiger partial charge in [-0.05, 0) is 31.5 Å².